The Kier molecular flexibility index (Phi) is 25.5. The van der Waals surface area contributed by atoms with E-state index in [-0.39, 0.29) is 69.1 Å². The fraction of sp³-hybridized carbons (Fsp3) is 0.478. The molecule has 28 heteroatoms. The van der Waals surface area contributed by atoms with Gasteiger partial charge in [0, 0.05) is 44.5 Å². The predicted octanol–water partition coefficient (Wildman–Crippen LogP) is -3.47. The molecule has 1 fully saturated rings. The highest BCUT2D eigenvalue weighted by molar-refractivity contribution is 7.80. The van der Waals surface area contributed by atoms with Crippen molar-refractivity contribution in [2.24, 2.45) is 11.5 Å². The standard InChI is InChI=1S/C46H64N12O14S2/c47-35(60)23-51-39(66)28(8-4-17-50-46(48)49)54-44(71)34-9-5-18-58(34)45(72)33(24-74)57-43(70)32(22-38(64)65)56-40(67)29(14-15-37(62)63)53-42(69)31(20-25-6-2-1-3-7-25)55-41(68)30(52-36(61)16-19-73)21-26-10-12-27(59)13-11-26/h1-3,6-7,10-13,28-34,59,73-74H,4-5,8-9,14-24H2,(H2,47,60)(H,51,66)(H,52,61)(H,53,69)(H,54,71)(H,55,68)(H,56,67)(H,57,70)(H,62,63)(H,64,65)(H4,48,49,50)/t28-,29-,30-,31-,32-,33-,34-/m1/s1. The summed E-state index contributed by atoms with van der Waals surface area (Å²) in [4.78, 5) is 146. The van der Waals surface area contributed by atoms with Crippen molar-refractivity contribution in [1.29, 1.82) is 5.41 Å². The van der Waals surface area contributed by atoms with Gasteiger partial charge in [0.15, 0.2) is 5.96 Å². The average Bonchev–Trinajstić information content (AvgIpc) is 3.85. The van der Waals surface area contributed by atoms with Crippen LogP contribution in [0, 0.1) is 5.41 Å². The molecule has 404 valence electrons. The van der Waals surface area contributed by atoms with Crippen LogP contribution >= 0.6 is 25.3 Å². The fourth-order valence-electron chi connectivity index (χ4n) is 7.57. The number of hydrogen-bond acceptors (Lipinski definition) is 15. The molecule has 1 aliphatic rings. The van der Waals surface area contributed by atoms with Gasteiger partial charge in [0.05, 0.1) is 13.0 Å². The smallest absolute Gasteiger partial charge is 0.305 e. The molecule has 1 saturated heterocycles. The normalized spacial score (nSPS) is 15.3. The van der Waals surface area contributed by atoms with Crippen LogP contribution in [0.4, 0.5) is 0 Å². The lowest BCUT2D eigenvalue weighted by atomic mass is 10.0. The molecule has 0 saturated carbocycles. The number of carboxylic acids is 2. The summed E-state index contributed by atoms with van der Waals surface area (Å²) in [6.07, 6.45) is -2.04. The van der Waals surface area contributed by atoms with Crippen molar-refractivity contribution in [1.82, 2.24) is 47.4 Å². The van der Waals surface area contributed by atoms with Crippen molar-refractivity contribution in [3.05, 3.63) is 65.7 Å². The van der Waals surface area contributed by atoms with Crippen molar-refractivity contribution in [3.8, 4) is 5.75 Å². The summed E-state index contributed by atoms with van der Waals surface area (Å²) in [6, 6.07) is 3.76. The number of carboxylic acid groups (broad SMARTS) is 2. The minimum atomic E-state index is -1.95. The molecular weight excluding hydrogens is 1010 g/mol. The molecule has 1 heterocycles. The van der Waals surface area contributed by atoms with E-state index in [2.05, 4.69) is 67.8 Å². The summed E-state index contributed by atoms with van der Waals surface area (Å²) in [6.45, 7) is -0.368. The molecule has 0 unspecified atom stereocenters. The molecule has 9 amide bonds. The van der Waals surface area contributed by atoms with E-state index >= 15 is 0 Å². The maximum absolute atomic E-state index is 14.2. The van der Waals surface area contributed by atoms with Crippen LogP contribution in [-0.4, -0.2) is 165 Å². The van der Waals surface area contributed by atoms with Crippen molar-refractivity contribution in [2.45, 2.75) is 107 Å². The number of likely N-dealkylation sites (tertiary alicyclic amines) is 1. The van der Waals surface area contributed by atoms with Gasteiger partial charge in [-0.2, -0.15) is 25.3 Å². The van der Waals surface area contributed by atoms with Gasteiger partial charge >= 0.3 is 11.9 Å². The Morgan fingerprint density at radius 3 is 1.78 bits per heavy atom. The van der Waals surface area contributed by atoms with Crippen LogP contribution in [0.15, 0.2) is 54.6 Å². The second kappa shape index (κ2) is 31.1. The minimum absolute atomic E-state index is 0.00781. The van der Waals surface area contributed by atoms with Crippen molar-refractivity contribution in [2.75, 3.05) is 31.1 Å². The molecule has 0 aromatic heterocycles. The number of aromatic hydroxyl groups is 1. The van der Waals surface area contributed by atoms with Gasteiger partial charge in [0.25, 0.3) is 0 Å². The Hall–Kier alpha value is -7.62. The largest absolute Gasteiger partial charge is 0.508 e. The number of phenolic OH excluding ortho intramolecular Hbond substituents is 1. The summed E-state index contributed by atoms with van der Waals surface area (Å²) in [5.74, 6) is -11.6. The van der Waals surface area contributed by atoms with Gasteiger partial charge in [-0.05, 0) is 61.1 Å². The number of hydrogen-bond donors (Lipinski definition) is 16. The Balaban J connectivity index is 1.85. The molecule has 7 atom stereocenters. The second-order valence-electron chi connectivity index (χ2n) is 17.0. The second-order valence-corrected chi connectivity index (χ2v) is 17.8. The Morgan fingerprint density at radius 2 is 1.20 bits per heavy atom. The Morgan fingerprint density at radius 1 is 0.649 bits per heavy atom. The van der Waals surface area contributed by atoms with E-state index in [9.17, 15) is 68.1 Å². The zero-order valence-corrected chi connectivity index (χ0v) is 42.0. The number of rotatable bonds is 31. The molecule has 74 heavy (non-hydrogen) atoms. The molecule has 2 aromatic rings. The molecule has 0 bridgehead atoms. The SMILES string of the molecule is N=C(N)NCCC[C@@H](NC(=O)[C@H]1CCCN1C(=O)[C@@H](CS)NC(=O)[C@@H](CC(=O)O)NC(=O)[C@@H](CCC(=O)O)NC(=O)[C@@H](Cc1ccccc1)NC(=O)[C@@H](Cc1ccc(O)cc1)NC(=O)CCS)C(=O)NCC(N)=O. The lowest BCUT2D eigenvalue weighted by molar-refractivity contribution is -0.143. The number of nitrogens with one attached hydrogen (secondary N) is 9. The minimum Gasteiger partial charge on any atom is -0.508 e. The number of nitrogens with two attached hydrogens (primary N) is 2. The quantitative estimate of drug-likeness (QED) is 0.0151. The molecule has 26 nitrogen and oxygen atoms in total. The number of guanidine groups is 1. The molecule has 2 aromatic carbocycles. The van der Waals surface area contributed by atoms with E-state index < -0.39 is 139 Å². The van der Waals surface area contributed by atoms with Gasteiger partial charge in [-0.15, -0.1) is 0 Å². The summed E-state index contributed by atoms with van der Waals surface area (Å²) in [7, 11) is 0. The number of carbonyl (C=O) groups excluding carboxylic acids is 9. The molecule has 3 rings (SSSR count). The number of benzene rings is 2. The molecule has 0 aliphatic carbocycles. The maximum Gasteiger partial charge on any atom is 0.305 e. The van der Waals surface area contributed by atoms with Crippen LogP contribution in [0.25, 0.3) is 0 Å². The Labute approximate surface area is 436 Å². The maximum atomic E-state index is 14.2. The number of amides is 9. The lowest BCUT2D eigenvalue weighted by Crippen LogP contribution is -2.60. The van der Waals surface area contributed by atoms with E-state index in [1.165, 1.54) is 24.3 Å². The third-order valence-electron chi connectivity index (χ3n) is 11.3. The third kappa shape index (κ3) is 21.2. The number of thiol groups is 2. The van der Waals surface area contributed by atoms with Crippen molar-refractivity contribution < 1.29 is 68.1 Å². The summed E-state index contributed by atoms with van der Waals surface area (Å²) >= 11 is 8.28. The zero-order chi connectivity index (χ0) is 54.9. The number of primary amides is 1. The third-order valence-corrected chi connectivity index (χ3v) is 11.9. The highest BCUT2D eigenvalue weighted by Crippen LogP contribution is 2.20. The van der Waals surface area contributed by atoms with E-state index in [1.54, 1.807) is 30.3 Å². The molecule has 16 N–H and O–H groups in total. The van der Waals surface area contributed by atoms with Crippen LogP contribution in [-0.2, 0) is 65.6 Å². The predicted molar refractivity (Wildman–Crippen MR) is 271 cm³/mol. The summed E-state index contributed by atoms with van der Waals surface area (Å²) in [5.41, 5.74) is 11.5. The molecular formula is C46H64N12O14S2. The van der Waals surface area contributed by atoms with Crippen molar-refractivity contribution >= 4 is 96.3 Å². The molecule has 0 spiro atoms. The highest BCUT2D eigenvalue weighted by atomic mass is 32.1. The van der Waals surface area contributed by atoms with E-state index in [0.717, 1.165) is 4.90 Å². The first kappa shape index (κ1) is 60.7. The first-order chi connectivity index (χ1) is 35.1. The summed E-state index contributed by atoms with van der Waals surface area (Å²) < 4.78 is 0. The monoisotopic (exact) mass is 1070 g/mol. The van der Waals surface area contributed by atoms with Crippen LogP contribution in [0.3, 0.4) is 0 Å². The fourth-order valence-corrected chi connectivity index (χ4v) is 8.02. The van der Waals surface area contributed by atoms with E-state index in [1.807, 2.05) is 0 Å². The summed E-state index contributed by atoms with van der Waals surface area (Å²) in [5, 5.41) is 56.2. The highest BCUT2D eigenvalue weighted by Gasteiger charge is 2.40. The van der Waals surface area contributed by atoms with Gasteiger partial charge in [0.1, 0.15) is 48.0 Å². The first-order valence-corrected chi connectivity index (χ1v) is 24.6. The topological polar surface area (TPSA) is 424 Å². The number of aliphatic carboxylic acids is 2. The van der Waals surface area contributed by atoms with Crippen LogP contribution < -0.4 is 54.0 Å². The van der Waals surface area contributed by atoms with E-state index in [0.29, 0.717) is 17.5 Å². The Bertz CT molecular complexity index is 2330. The van der Waals surface area contributed by atoms with Crippen LogP contribution in [0.2, 0.25) is 0 Å². The number of carbonyl (C=O) groups is 11. The zero-order valence-electron chi connectivity index (χ0n) is 40.2. The van der Waals surface area contributed by atoms with Crippen molar-refractivity contribution in [3.63, 3.8) is 0 Å². The lowest BCUT2D eigenvalue weighted by Gasteiger charge is -2.30. The first-order valence-electron chi connectivity index (χ1n) is 23.3. The van der Waals surface area contributed by atoms with Gasteiger partial charge in [0.2, 0.25) is 53.2 Å². The van der Waals surface area contributed by atoms with Gasteiger partial charge in [-0.25, -0.2) is 0 Å². The number of phenols is 1. The van der Waals surface area contributed by atoms with Crippen LogP contribution in [0.5, 0.6) is 5.75 Å². The molecule has 1 aliphatic heterocycles. The average molecular weight is 1070 g/mol. The molecule has 0 radical (unpaired) electrons. The van der Waals surface area contributed by atoms with Gasteiger partial charge in [-0.3, -0.25) is 58.1 Å². The van der Waals surface area contributed by atoms with E-state index in [4.69, 9.17) is 16.9 Å². The van der Waals surface area contributed by atoms with Gasteiger partial charge < -0.3 is 74.2 Å². The van der Waals surface area contributed by atoms with Gasteiger partial charge in [-0.1, -0.05) is 42.5 Å². The van der Waals surface area contributed by atoms with Crippen LogP contribution in [0.1, 0.15) is 62.5 Å². The number of nitrogens with zero attached hydrogens (tertiary/aromatic N) is 1.